The number of rotatable bonds is 4. The average Bonchev–Trinajstić information content (AvgIpc) is 3.46. The Morgan fingerprint density at radius 1 is 1.27 bits per heavy atom. The molecule has 154 valence electrons. The molecule has 8 nitrogen and oxygen atoms in total. The Morgan fingerprint density at radius 2 is 2.13 bits per heavy atom. The Morgan fingerprint density at radius 3 is 2.83 bits per heavy atom. The van der Waals surface area contributed by atoms with Gasteiger partial charge in [0.25, 0.3) is 0 Å². The van der Waals surface area contributed by atoms with Crippen LogP contribution in [0, 0.1) is 5.95 Å². The molecule has 30 heavy (non-hydrogen) atoms. The monoisotopic (exact) mass is 425 g/mol. The number of likely N-dealkylation sites (N-methyl/N-ethyl adjacent to an activating group) is 2. The molecule has 1 unspecified atom stereocenters. The van der Waals surface area contributed by atoms with Gasteiger partial charge in [0.1, 0.15) is 5.75 Å². The smallest absolute Gasteiger partial charge is 0.240 e. The standard InChI is InChI=1S/C20H20FN7OS/c1-27-6-5-12(10-27)28(2)20-23-19-17(30-20)8-15(24-26-19)13-4-3-11(7-16(13)29)14-9-22-25-18(14)21/h3-4,7-9,12,29H,5-6,10H2,1-2H3,(H,22,25). The van der Waals surface area contributed by atoms with Crippen LogP contribution in [0.5, 0.6) is 5.75 Å². The van der Waals surface area contributed by atoms with Gasteiger partial charge in [0.05, 0.1) is 16.0 Å². The highest BCUT2D eigenvalue weighted by Crippen LogP contribution is 2.36. The van der Waals surface area contributed by atoms with Crippen molar-refractivity contribution in [2.24, 2.45) is 0 Å². The second-order valence-electron chi connectivity index (χ2n) is 7.55. The summed E-state index contributed by atoms with van der Waals surface area (Å²) in [6, 6.07) is 7.23. The maximum absolute atomic E-state index is 13.7. The van der Waals surface area contributed by atoms with E-state index >= 15 is 0 Å². The van der Waals surface area contributed by atoms with Gasteiger partial charge in [-0.25, -0.2) is 0 Å². The topological polar surface area (TPSA) is 94.1 Å². The van der Waals surface area contributed by atoms with Crippen molar-refractivity contribution in [1.82, 2.24) is 30.3 Å². The van der Waals surface area contributed by atoms with Crippen molar-refractivity contribution >= 4 is 26.8 Å². The van der Waals surface area contributed by atoms with Crippen molar-refractivity contribution in [2.75, 3.05) is 32.1 Å². The number of hydrogen-bond donors (Lipinski definition) is 2. The number of nitrogens with one attached hydrogen (secondary N) is 1. The fraction of sp³-hybridized carbons (Fsp3) is 0.300. The molecule has 0 amide bonds. The molecule has 2 N–H and O–H groups in total. The lowest BCUT2D eigenvalue weighted by Crippen LogP contribution is -2.33. The van der Waals surface area contributed by atoms with Crippen LogP contribution < -0.4 is 4.90 Å². The molecule has 0 saturated carbocycles. The van der Waals surface area contributed by atoms with Crippen molar-refractivity contribution < 1.29 is 9.50 Å². The Balaban J connectivity index is 1.46. The Hall–Kier alpha value is -3.11. The molecule has 0 bridgehead atoms. The van der Waals surface area contributed by atoms with Crippen LogP contribution in [0.2, 0.25) is 0 Å². The summed E-state index contributed by atoms with van der Waals surface area (Å²) >= 11 is 1.56. The summed E-state index contributed by atoms with van der Waals surface area (Å²) in [7, 11) is 4.19. The third kappa shape index (κ3) is 3.27. The first kappa shape index (κ1) is 18.9. The number of fused-ring (bicyclic) bond motifs is 1. The van der Waals surface area contributed by atoms with E-state index in [0.29, 0.717) is 34.1 Å². The predicted octanol–water partition coefficient (Wildman–Crippen LogP) is 3.13. The molecule has 1 atom stereocenters. The molecule has 0 aliphatic carbocycles. The number of aromatic nitrogens is 5. The van der Waals surface area contributed by atoms with E-state index in [1.807, 2.05) is 6.07 Å². The van der Waals surface area contributed by atoms with Crippen molar-refractivity contribution in [2.45, 2.75) is 12.5 Å². The second kappa shape index (κ2) is 7.29. The maximum atomic E-state index is 13.7. The first-order chi connectivity index (χ1) is 14.5. The van der Waals surface area contributed by atoms with Gasteiger partial charge in [-0.05, 0) is 43.8 Å². The molecule has 3 aromatic heterocycles. The zero-order valence-electron chi connectivity index (χ0n) is 16.5. The lowest BCUT2D eigenvalue weighted by molar-refractivity contribution is 0.409. The second-order valence-corrected chi connectivity index (χ2v) is 8.56. The van der Waals surface area contributed by atoms with Crippen molar-refractivity contribution in [3.05, 3.63) is 36.4 Å². The lowest BCUT2D eigenvalue weighted by Gasteiger charge is -2.23. The summed E-state index contributed by atoms with van der Waals surface area (Å²) in [6.07, 6.45) is 2.56. The predicted molar refractivity (Wildman–Crippen MR) is 114 cm³/mol. The molecule has 1 aliphatic heterocycles. The molecule has 10 heteroatoms. The fourth-order valence-electron chi connectivity index (χ4n) is 3.79. The molecule has 1 aliphatic rings. The van der Waals surface area contributed by atoms with E-state index in [4.69, 9.17) is 0 Å². The van der Waals surface area contributed by atoms with Gasteiger partial charge in [0.15, 0.2) is 10.8 Å². The Bertz CT molecular complexity index is 1220. The van der Waals surface area contributed by atoms with Crippen LogP contribution in [0.3, 0.4) is 0 Å². The number of benzene rings is 1. The summed E-state index contributed by atoms with van der Waals surface area (Å²) in [5.74, 6) is -0.615. The number of phenols is 1. The number of H-pyrrole nitrogens is 1. The molecular formula is C20H20FN7OS. The van der Waals surface area contributed by atoms with Crippen LogP contribution in [-0.4, -0.2) is 68.6 Å². The largest absolute Gasteiger partial charge is 0.507 e. The fourth-order valence-corrected chi connectivity index (χ4v) is 4.76. The first-order valence-corrected chi connectivity index (χ1v) is 10.4. The molecular weight excluding hydrogens is 405 g/mol. The minimum atomic E-state index is -0.613. The zero-order valence-corrected chi connectivity index (χ0v) is 17.3. The SMILES string of the molecule is CN1CCC(N(C)c2nc3nnc(-c4ccc(-c5c[nH]nc5F)cc4O)cc3s2)C1. The van der Waals surface area contributed by atoms with E-state index in [1.54, 1.807) is 23.5 Å². The zero-order chi connectivity index (χ0) is 20.8. The van der Waals surface area contributed by atoms with Gasteiger partial charge in [-0.1, -0.05) is 17.4 Å². The minimum Gasteiger partial charge on any atom is -0.507 e. The number of nitrogens with zero attached hydrogens (tertiary/aromatic N) is 6. The van der Waals surface area contributed by atoms with E-state index in [9.17, 15) is 9.50 Å². The molecule has 1 aromatic carbocycles. The molecule has 4 aromatic rings. The van der Waals surface area contributed by atoms with Gasteiger partial charge in [0, 0.05) is 31.4 Å². The van der Waals surface area contributed by atoms with E-state index in [0.717, 1.165) is 29.3 Å². The number of anilines is 1. The summed E-state index contributed by atoms with van der Waals surface area (Å²) in [4.78, 5) is 9.16. The molecule has 4 heterocycles. The van der Waals surface area contributed by atoms with Gasteiger partial charge in [-0.2, -0.15) is 9.37 Å². The normalized spacial score (nSPS) is 17.1. The lowest BCUT2D eigenvalue weighted by atomic mass is 10.0. The highest BCUT2D eigenvalue weighted by molar-refractivity contribution is 7.22. The van der Waals surface area contributed by atoms with Crippen molar-refractivity contribution in [1.29, 1.82) is 0 Å². The summed E-state index contributed by atoms with van der Waals surface area (Å²) in [6.45, 7) is 2.10. The van der Waals surface area contributed by atoms with Gasteiger partial charge in [-0.15, -0.1) is 15.3 Å². The van der Waals surface area contributed by atoms with E-state index < -0.39 is 5.95 Å². The summed E-state index contributed by atoms with van der Waals surface area (Å²) < 4.78 is 14.6. The number of aromatic amines is 1. The molecule has 1 saturated heterocycles. The third-order valence-corrected chi connectivity index (χ3v) is 6.62. The quantitative estimate of drug-likeness (QED) is 0.519. The highest BCUT2D eigenvalue weighted by atomic mass is 32.1. The summed E-state index contributed by atoms with van der Waals surface area (Å²) in [5.41, 5.74) is 2.48. The molecule has 0 radical (unpaired) electrons. The molecule has 0 spiro atoms. The van der Waals surface area contributed by atoms with Crippen LogP contribution in [0.1, 0.15) is 6.42 Å². The summed E-state index contributed by atoms with van der Waals surface area (Å²) in [5, 5.41) is 25.9. The third-order valence-electron chi connectivity index (χ3n) is 5.54. The van der Waals surface area contributed by atoms with Crippen molar-refractivity contribution in [3.63, 3.8) is 0 Å². The van der Waals surface area contributed by atoms with Gasteiger partial charge in [-0.3, -0.25) is 5.10 Å². The minimum absolute atomic E-state index is 0.00222. The van der Waals surface area contributed by atoms with Gasteiger partial charge in [0.2, 0.25) is 5.95 Å². The molecule has 5 rings (SSSR count). The van der Waals surface area contributed by atoms with Crippen LogP contribution >= 0.6 is 11.3 Å². The van der Waals surface area contributed by atoms with Crippen LogP contribution in [0.4, 0.5) is 9.52 Å². The Labute approximate surface area is 176 Å². The van der Waals surface area contributed by atoms with Crippen LogP contribution in [-0.2, 0) is 0 Å². The van der Waals surface area contributed by atoms with Gasteiger partial charge < -0.3 is 14.9 Å². The first-order valence-electron chi connectivity index (χ1n) is 9.58. The number of phenolic OH excluding ortho intramolecular Hbond substituents is 1. The van der Waals surface area contributed by atoms with Crippen molar-refractivity contribution in [3.8, 4) is 28.1 Å². The number of hydrogen-bond acceptors (Lipinski definition) is 8. The average molecular weight is 425 g/mol. The number of aromatic hydroxyl groups is 1. The Kier molecular flexibility index (Phi) is 4.59. The maximum Gasteiger partial charge on any atom is 0.240 e. The van der Waals surface area contributed by atoms with E-state index in [1.165, 1.54) is 12.3 Å². The number of halogens is 1. The number of thiazole rings is 1. The van der Waals surface area contributed by atoms with E-state index in [2.05, 4.69) is 49.3 Å². The highest BCUT2D eigenvalue weighted by Gasteiger charge is 2.25. The van der Waals surface area contributed by atoms with E-state index in [-0.39, 0.29) is 5.75 Å². The number of likely N-dealkylation sites (tertiary alicyclic amines) is 1. The van der Waals surface area contributed by atoms with Gasteiger partial charge >= 0.3 is 0 Å². The molecule has 1 fully saturated rings. The van der Waals surface area contributed by atoms with Crippen LogP contribution in [0.15, 0.2) is 30.5 Å². The van der Waals surface area contributed by atoms with Crippen LogP contribution in [0.25, 0.3) is 32.7 Å².